The van der Waals surface area contributed by atoms with Gasteiger partial charge in [0, 0.05) is 30.4 Å². The lowest BCUT2D eigenvalue weighted by atomic mass is 9.85. The number of hydrogen-bond donors (Lipinski definition) is 2. The Morgan fingerprint density at radius 1 is 1.10 bits per heavy atom. The molecule has 2 N–H and O–H groups in total. The first-order valence-electron chi connectivity index (χ1n) is 10.4. The summed E-state index contributed by atoms with van der Waals surface area (Å²) in [4.78, 5) is 25.2. The lowest BCUT2D eigenvalue weighted by Crippen LogP contribution is -2.46. The molecule has 4 rings (SSSR count). The summed E-state index contributed by atoms with van der Waals surface area (Å²) in [7, 11) is -3.53. The highest BCUT2D eigenvalue weighted by Gasteiger charge is 2.38. The van der Waals surface area contributed by atoms with E-state index in [1.54, 1.807) is 42.5 Å². The molecule has 0 atom stereocenters. The van der Waals surface area contributed by atoms with Crippen LogP contribution in [0.4, 0.5) is 5.69 Å². The summed E-state index contributed by atoms with van der Waals surface area (Å²) in [6.45, 7) is 6.30. The molecule has 1 saturated heterocycles. The zero-order chi connectivity index (χ0) is 22.4. The first kappa shape index (κ1) is 21.5. The van der Waals surface area contributed by atoms with E-state index < -0.39 is 15.4 Å². The standard InChI is InChI=1S/C23H27N3O4S/c1-15-4-7-18(8-5-15)31(29,30)26-12-10-17(11-13-26)24-21(27)16-6-9-20-19(14-16)23(2,3)22(28)25-20/h4-9,14,17H,10-13H2,1-3H3,(H,24,27)(H,25,28). The molecule has 2 aromatic rings. The Morgan fingerprint density at radius 2 is 1.74 bits per heavy atom. The molecular formula is C23H27N3O4S. The number of nitrogens with zero attached hydrogens (tertiary/aromatic N) is 1. The van der Waals surface area contributed by atoms with Crippen LogP contribution in [0.1, 0.15) is 48.2 Å². The van der Waals surface area contributed by atoms with Gasteiger partial charge in [-0.25, -0.2) is 8.42 Å². The smallest absolute Gasteiger partial charge is 0.251 e. The zero-order valence-corrected chi connectivity index (χ0v) is 18.8. The molecule has 0 radical (unpaired) electrons. The number of amides is 2. The predicted octanol–water partition coefficient (Wildman–Crippen LogP) is 2.81. The highest BCUT2D eigenvalue weighted by atomic mass is 32.2. The van der Waals surface area contributed by atoms with E-state index in [1.165, 1.54) is 4.31 Å². The van der Waals surface area contributed by atoms with Gasteiger partial charge in [0.25, 0.3) is 5.91 Å². The van der Waals surface area contributed by atoms with Gasteiger partial charge in [-0.1, -0.05) is 17.7 Å². The van der Waals surface area contributed by atoms with Crippen LogP contribution in [0.5, 0.6) is 0 Å². The molecule has 7 nitrogen and oxygen atoms in total. The van der Waals surface area contributed by atoms with E-state index >= 15 is 0 Å². The maximum atomic E-state index is 12.8. The fourth-order valence-electron chi connectivity index (χ4n) is 4.08. The SMILES string of the molecule is Cc1ccc(S(=O)(=O)N2CCC(NC(=O)c3ccc4c(c3)C(C)(C)C(=O)N4)CC2)cc1. The minimum Gasteiger partial charge on any atom is -0.349 e. The summed E-state index contributed by atoms with van der Waals surface area (Å²) < 4.78 is 27.2. The highest BCUT2D eigenvalue weighted by Crippen LogP contribution is 2.37. The Bertz CT molecular complexity index is 1130. The van der Waals surface area contributed by atoms with Crippen LogP contribution in [-0.4, -0.2) is 43.7 Å². The number of fused-ring (bicyclic) bond motifs is 1. The number of benzene rings is 2. The van der Waals surface area contributed by atoms with Crippen LogP contribution in [0.3, 0.4) is 0 Å². The Labute approximate surface area is 182 Å². The van der Waals surface area contributed by atoms with Crippen LogP contribution in [0.2, 0.25) is 0 Å². The van der Waals surface area contributed by atoms with Gasteiger partial charge >= 0.3 is 0 Å². The maximum absolute atomic E-state index is 12.8. The van der Waals surface area contributed by atoms with Gasteiger partial charge in [-0.2, -0.15) is 4.31 Å². The van der Waals surface area contributed by atoms with Crippen LogP contribution in [-0.2, 0) is 20.2 Å². The molecule has 0 aromatic heterocycles. The van der Waals surface area contributed by atoms with E-state index in [4.69, 9.17) is 0 Å². The van der Waals surface area contributed by atoms with Gasteiger partial charge in [0.2, 0.25) is 15.9 Å². The van der Waals surface area contributed by atoms with Crippen molar-refractivity contribution in [1.82, 2.24) is 9.62 Å². The molecule has 0 bridgehead atoms. The minimum absolute atomic E-state index is 0.0813. The quantitative estimate of drug-likeness (QED) is 0.763. The molecule has 2 heterocycles. The van der Waals surface area contributed by atoms with Crippen LogP contribution in [0.15, 0.2) is 47.4 Å². The molecule has 1 fully saturated rings. The molecule has 164 valence electrons. The van der Waals surface area contributed by atoms with Gasteiger partial charge in [-0.3, -0.25) is 9.59 Å². The number of sulfonamides is 1. The third kappa shape index (κ3) is 3.97. The van der Waals surface area contributed by atoms with E-state index in [9.17, 15) is 18.0 Å². The van der Waals surface area contributed by atoms with Crippen molar-refractivity contribution >= 4 is 27.5 Å². The van der Waals surface area contributed by atoms with Crippen LogP contribution in [0.25, 0.3) is 0 Å². The van der Waals surface area contributed by atoms with Gasteiger partial charge in [0.1, 0.15) is 0 Å². The number of carbonyl (C=O) groups excluding carboxylic acids is 2. The summed E-state index contributed by atoms with van der Waals surface area (Å²) >= 11 is 0. The lowest BCUT2D eigenvalue weighted by Gasteiger charge is -2.31. The van der Waals surface area contributed by atoms with E-state index in [-0.39, 0.29) is 17.9 Å². The summed E-state index contributed by atoms with van der Waals surface area (Å²) in [5.74, 6) is -0.292. The Kier molecular flexibility index (Phi) is 5.39. The summed E-state index contributed by atoms with van der Waals surface area (Å²) in [5.41, 5.74) is 2.38. The van der Waals surface area contributed by atoms with Crippen molar-refractivity contribution < 1.29 is 18.0 Å². The number of hydrogen-bond acceptors (Lipinski definition) is 4. The average Bonchev–Trinajstić information content (AvgIpc) is 2.97. The number of piperidine rings is 1. The lowest BCUT2D eigenvalue weighted by molar-refractivity contribution is -0.119. The van der Waals surface area contributed by atoms with Gasteiger partial charge in [0.15, 0.2) is 0 Å². The number of anilines is 1. The van der Waals surface area contributed by atoms with Gasteiger partial charge < -0.3 is 10.6 Å². The van der Waals surface area contributed by atoms with Crippen molar-refractivity contribution in [1.29, 1.82) is 0 Å². The molecule has 0 saturated carbocycles. The Hall–Kier alpha value is -2.71. The van der Waals surface area contributed by atoms with Crippen molar-refractivity contribution in [3.63, 3.8) is 0 Å². The highest BCUT2D eigenvalue weighted by molar-refractivity contribution is 7.89. The largest absolute Gasteiger partial charge is 0.349 e. The Balaban J connectivity index is 1.40. The van der Waals surface area contributed by atoms with Gasteiger partial charge in [-0.15, -0.1) is 0 Å². The molecule has 2 amide bonds. The van der Waals surface area contributed by atoms with Gasteiger partial charge in [-0.05, 0) is 69.5 Å². The van der Waals surface area contributed by atoms with Crippen molar-refractivity contribution in [3.05, 3.63) is 59.2 Å². The number of nitrogens with one attached hydrogen (secondary N) is 2. The second kappa shape index (κ2) is 7.76. The molecule has 0 aliphatic carbocycles. The summed E-state index contributed by atoms with van der Waals surface area (Å²) in [6, 6.07) is 12.0. The minimum atomic E-state index is -3.53. The van der Waals surface area contributed by atoms with E-state index in [0.29, 0.717) is 36.4 Å². The molecule has 8 heteroatoms. The molecular weight excluding hydrogens is 414 g/mol. The number of carbonyl (C=O) groups is 2. The fourth-order valence-corrected chi connectivity index (χ4v) is 5.55. The molecule has 2 aliphatic heterocycles. The van der Waals surface area contributed by atoms with Crippen LogP contribution >= 0.6 is 0 Å². The number of rotatable bonds is 4. The van der Waals surface area contributed by atoms with E-state index in [2.05, 4.69) is 10.6 Å². The third-order valence-electron chi connectivity index (χ3n) is 6.22. The average molecular weight is 442 g/mol. The molecule has 2 aromatic carbocycles. The second-order valence-electron chi connectivity index (χ2n) is 8.80. The molecule has 31 heavy (non-hydrogen) atoms. The van der Waals surface area contributed by atoms with E-state index in [0.717, 1.165) is 16.8 Å². The zero-order valence-electron chi connectivity index (χ0n) is 17.9. The second-order valence-corrected chi connectivity index (χ2v) is 10.7. The summed E-state index contributed by atoms with van der Waals surface area (Å²) in [6.07, 6.45) is 1.10. The van der Waals surface area contributed by atoms with E-state index in [1.807, 2.05) is 20.8 Å². The monoisotopic (exact) mass is 441 g/mol. The number of aryl methyl sites for hydroxylation is 1. The first-order chi connectivity index (χ1) is 14.6. The summed E-state index contributed by atoms with van der Waals surface area (Å²) in [5, 5.41) is 5.86. The molecule has 2 aliphatic rings. The van der Waals surface area contributed by atoms with Crippen LogP contribution < -0.4 is 10.6 Å². The van der Waals surface area contributed by atoms with Gasteiger partial charge in [0.05, 0.1) is 10.3 Å². The maximum Gasteiger partial charge on any atom is 0.251 e. The fraction of sp³-hybridized carbons (Fsp3) is 0.391. The molecule has 0 unspecified atom stereocenters. The van der Waals surface area contributed by atoms with Crippen LogP contribution in [0, 0.1) is 6.92 Å². The van der Waals surface area contributed by atoms with Crippen molar-refractivity contribution in [2.24, 2.45) is 0 Å². The van der Waals surface area contributed by atoms with Crippen molar-refractivity contribution in [2.75, 3.05) is 18.4 Å². The third-order valence-corrected chi connectivity index (χ3v) is 8.13. The normalized spacial score (nSPS) is 19.0. The Morgan fingerprint density at radius 3 is 2.39 bits per heavy atom. The predicted molar refractivity (Wildman–Crippen MR) is 119 cm³/mol. The first-order valence-corrected chi connectivity index (χ1v) is 11.9. The van der Waals surface area contributed by atoms with Crippen molar-refractivity contribution in [2.45, 2.75) is 50.0 Å². The molecule has 0 spiro atoms. The topological polar surface area (TPSA) is 95.6 Å². The van der Waals surface area contributed by atoms with Crippen molar-refractivity contribution in [3.8, 4) is 0 Å².